The van der Waals surface area contributed by atoms with Crippen LogP contribution in [0.3, 0.4) is 0 Å². The van der Waals surface area contributed by atoms with Gasteiger partial charge in [-0.1, -0.05) is 15.9 Å². The van der Waals surface area contributed by atoms with E-state index < -0.39 is 0 Å². The van der Waals surface area contributed by atoms with Crippen molar-refractivity contribution in [3.8, 4) is 0 Å². The van der Waals surface area contributed by atoms with Crippen molar-refractivity contribution >= 4 is 21.6 Å². The first-order chi connectivity index (χ1) is 8.19. The fourth-order valence-corrected chi connectivity index (χ4v) is 1.78. The van der Waals surface area contributed by atoms with E-state index in [4.69, 9.17) is 15.2 Å². The largest absolute Gasteiger partial charge is 0.381 e. The van der Waals surface area contributed by atoms with Crippen LogP contribution in [0.25, 0.3) is 0 Å². The van der Waals surface area contributed by atoms with Gasteiger partial charge in [-0.25, -0.2) is 0 Å². The van der Waals surface area contributed by atoms with Gasteiger partial charge in [0.15, 0.2) is 6.29 Å². The molecule has 0 saturated heterocycles. The molecule has 0 aliphatic heterocycles. The second kappa shape index (κ2) is 7.66. The molecule has 0 bridgehead atoms. The van der Waals surface area contributed by atoms with Gasteiger partial charge in [0, 0.05) is 43.4 Å². The Morgan fingerprint density at radius 1 is 1.24 bits per heavy atom. The summed E-state index contributed by atoms with van der Waals surface area (Å²) < 4.78 is 11.4. The summed E-state index contributed by atoms with van der Waals surface area (Å²) in [5.74, 6) is 0. The van der Waals surface area contributed by atoms with Crippen LogP contribution in [0.1, 0.15) is 6.42 Å². The molecular formula is C12H19BrN2O2. The predicted molar refractivity (Wildman–Crippen MR) is 73.0 cm³/mol. The van der Waals surface area contributed by atoms with E-state index >= 15 is 0 Å². The van der Waals surface area contributed by atoms with E-state index in [9.17, 15) is 0 Å². The van der Waals surface area contributed by atoms with Crippen LogP contribution in [0, 0.1) is 0 Å². The number of hydrogen-bond donors (Lipinski definition) is 2. The van der Waals surface area contributed by atoms with E-state index in [0.29, 0.717) is 13.0 Å². The lowest BCUT2D eigenvalue weighted by atomic mass is 10.2. The molecular weight excluding hydrogens is 284 g/mol. The van der Waals surface area contributed by atoms with Gasteiger partial charge in [0.25, 0.3) is 0 Å². The molecule has 1 rings (SSSR count). The average molecular weight is 303 g/mol. The summed E-state index contributed by atoms with van der Waals surface area (Å²) in [6, 6.07) is 8.10. The number of nitrogens with one attached hydrogen (secondary N) is 1. The highest BCUT2D eigenvalue weighted by Crippen LogP contribution is 2.16. The van der Waals surface area contributed by atoms with Crippen LogP contribution in [0.15, 0.2) is 28.7 Å². The maximum atomic E-state index is 5.73. The minimum Gasteiger partial charge on any atom is -0.381 e. The average Bonchev–Trinajstić information content (AvgIpc) is 2.37. The van der Waals surface area contributed by atoms with Crippen molar-refractivity contribution in [2.24, 2.45) is 5.73 Å². The van der Waals surface area contributed by atoms with Gasteiger partial charge >= 0.3 is 0 Å². The molecule has 5 heteroatoms. The third kappa shape index (κ3) is 5.04. The lowest BCUT2D eigenvalue weighted by molar-refractivity contribution is -0.107. The Morgan fingerprint density at radius 3 is 2.29 bits per heavy atom. The van der Waals surface area contributed by atoms with Crippen LogP contribution in [0.2, 0.25) is 0 Å². The Bertz CT molecular complexity index is 315. The quantitative estimate of drug-likeness (QED) is 0.758. The van der Waals surface area contributed by atoms with Gasteiger partial charge < -0.3 is 20.5 Å². The van der Waals surface area contributed by atoms with E-state index in [2.05, 4.69) is 21.2 Å². The zero-order valence-corrected chi connectivity index (χ0v) is 11.7. The number of nitrogens with two attached hydrogens (primary N) is 1. The van der Waals surface area contributed by atoms with Crippen molar-refractivity contribution in [1.82, 2.24) is 0 Å². The van der Waals surface area contributed by atoms with E-state index in [1.165, 1.54) is 0 Å². The van der Waals surface area contributed by atoms with Crippen LogP contribution in [-0.4, -0.2) is 33.1 Å². The van der Waals surface area contributed by atoms with Crippen LogP contribution in [0.4, 0.5) is 5.69 Å². The molecule has 0 aliphatic carbocycles. The maximum Gasteiger partial charge on any atom is 0.158 e. The van der Waals surface area contributed by atoms with E-state index in [1.807, 2.05) is 24.3 Å². The number of benzene rings is 1. The monoisotopic (exact) mass is 302 g/mol. The van der Waals surface area contributed by atoms with Crippen LogP contribution in [0.5, 0.6) is 0 Å². The maximum absolute atomic E-state index is 5.73. The molecule has 96 valence electrons. The highest BCUT2D eigenvalue weighted by Gasteiger charge is 2.14. The van der Waals surface area contributed by atoms with Crippen molar-refractivity contribution in [2.75, 3.05) is 26.1 Å². The first-order valence-electron chi connectivity index (χ1n) is 5.47. The van der Waals surface area contributed by atoms with Crippen LogP contribution >= 0.6 is 15.9 Å². The van der Waals surface area contributed by atoms with E-state index in [0.717, 1.165) is 10.2 Å². The molecule has 0 spiro atoms. The minimum absolute atomic E-state index is 0.126. The topological polar surface area (TPSA) is 56.5 Å². The highest BCUT2D eigenvalue weighted by molar-refractivity contribution is 9.10. The summed E-state index contributed by atoms with van der Waals surface area (Å²) in [7, 11) is 3.25. The molecule has 1 atom stereocenters. The molecule has 17 heavy (non-hydrogen) atoms. The van der Waals surface area contributed by atoms with Crippen LogP contribution < -0.4 is 11.1 Å². The Labute approximate surface area is 111 Å². The van der Waals surface area contributed by atoms with Gasteiger partial charge in [0.05, 0.1) is 0 Å². The number of halogens is 1. The third-order valence-corrected chi connectivity index (χ3v) is 3.03. The van der Waals surface area contributed by atoms with E-state index in [1.54, 1.807) is 14.2 Å². The zero-order valence-electron chi connectivity index (χ0n) is 10.2. The Hall–Kier alpha value is -0.620. The molecule has 0 aromatic heterocycles. The lowest BCUT2D eigenvalue weighted by Crippen LogP contribution is -2.34. The lowest BCUT2D eigenvalue weighted by Gasteiger charge is -2.22. The Balaban J connectivity index is 2.54. The number of methoxy groups -OCH3 is 2. The Morgan fingerprint density at radius 2 is 1.82 bits per heavy atom. The Kier molecular flexibility index (Phi) is 6.50. The molecule has 0 saturated carbocycles. The van der Waals surface area contributed by atoms with Crippen LogP contribution in [-0.2, 0) is 9.47 Å². The number of anilines is 1. The van der Waals surface area contributed by atoms with Gasteiger partial charge in [-0.2, -0.15) is 0 Å². The number of ether oxygens (including phenoxy) is 2. The summed E-state index contributed by atoms with van der Waals surface area (Å²) in [6.45, 7) is 0.527. The molecule has 0 fully saturated rings. The number of rotatable bonds is 7. The molecule has 1 aromatic carbocycles. The van der Waals surface area contributed by atoms with Crippen molar-refractivity contribution < 1.29 is 9.47 Å². The summed E-state index contributed by atoms with van der Waals surface area (Å²) >= 11 is 3.40. The smallest absolute Gasteiger partial charge is 0.158 e. The first kappa shape index (κ1) is 14.4. The molecule has 1 unspecified atom stereocenters. The van der Waals surface area contributed by atoms with Crippen molar-refractivity contribution in [2.45, 2.75) is 18.8 Å². The fraction of sp³-hybridized carbons (Fsp3) is 0.500. The van der Waals surface area contributed by atoms with Gasteiger partial charge in [0.1, 0.15) is 0 Å². The SMILES string of the molecule is COC(CC(CN)Nc1ccc(Br)cc1)OC. The van der Waals surface area contributed by atoms with Crippen molar-refractivity contribution in [3.05, 3.63) is 28.7 Å². The van der Waals surface area contributed by atoms with Gasteiger partial charge in [-0.3, -0.25) is 0 Å². The second-order valence-electron chi connectivity index (χ2n) is 3.72. The molecule has 0 aliphatic rings. The van der Waals surface area contributed by atoms with Crippen molar-refractivity contribution in [1.29, 1.82) is 0 Å². The van der Waals surface area contributed by atoms with Crippen molar-refractivity contribution in [3.63, 3.8) is 0 Å². The summed E-state index contributed by atoms with van der Waals surface area (Å²) in [5.41, 5.74) is 6.76. The molecule has 3 N–H and O–H groups in total. The summed E-state index contributed by atoms with van der Waals surface area (Å²) in [6.07, 6.45) is 0.478. The molecule has 1 aromatic rings. The van der Waals surface area contributed by atoms with Gasteiger partial charge in [-0.15, -0.1) is 0 Å². The standard InChI is InChI=1S/C12H19BrN2O2/c1-16-12(17-2)7-11(8-14)15-10-5-3-9(13)4-6-10/h3-6,11-12,15H,7-8,14H2,1-2H3. The zero-order chi connectivity index (χ0) is 12.7. The van der Waals surface area contributed by atoms with E-state index in [-0.39, 0.29) is 12.3 Å². The molecule has 0 radical (unpaired) electrons. The third-order valence-electron chi connectivity index (χ3n) is 2.50. The highest BCUT2D eigenvalue weighted by atomic mass is 79.9. The van der Waals surface area contributed by atoms with Gasteiger partial charge in [-0.05, 0) is 24.3 Å². The minimum atomic E-state index is -0.230. The first-order valence-corrected chi connectivity index (χ1v) is 6.26. The predicted octanol–water partition coefficient (Wildman–Crippen LogP) is 2.20. The van der Waals surface area contributed by atoms with Gasteiger partial charge in [0.2, 0.25) is 0 Å². The second-order valence-corrected chi connectivity index (χ2v) is 4.64. The molecule has 4 nitrogen and oxygen atoms in total. The summed E-state index contributed by atoms with van der Waals surface area (Å²) in [5, 5.41) is 3.35. The normalized spacial score (nSPS) is 12.8. The molecule has 0 amide bonds. The number of hydrogen-bond acceptors (Lipinski definition) is 4. The molecule has 0 heterocycles. The fourth-order valence-electron chi connectivity index (χ4n) is 1.52. The summed E-state index contributed by atoms with van der Waals surface area (Å²) in [4.78, 5) is 0.